The van der Waals surface area contributed by atoms with E-state index in [1.807, 2.05) is 0 Å². The average Bonchev–Trinajstić information content (AvgIpc) is 2.49. The number of halogens is 3. The maximum atomic E-state index is 13.9. The zero-order valence-electron chi connectivity index (χ0n) is 11.2. The van der Waals surface area contributed by atoms with E-state index >= 15 is 0 Å². The van der Waals surface area contributed by atoms with Crippen LogP contribution in [-0.2, 0) is 4.84 Å². The van der Waals surface area contributed by atoms with Gasteiger partial charge >= 0.3 is 0 Å². The van der Waals surface area contributed by atoms with Crippen LogP contribution in [-0.4, -0.2) is 11.9 Å². The monoisotopic (exact) mass is 353 g/mol. The average molecular weight is 354 g/mol. The minimum atomic E-state index is -0.407. The van der Waals surface area contributed by atoms with Gasteiger partial charge in [0.15, 0.2) is 0 Å². The number of hydrogen-bond donors (Lipinski definition) is 1. The first kappa shape index (κ1) is 15.7. The molecule has 2 nitrogen and oxygen atoms in total. The summed E-state index contributed by atoms with van der Waals surface area (Å²) in [6.45, 7) is 0.392. The number of rotatable bonds is 6. The lowest BCUT2D eigenvalue weighted by Gasteiger charge is -2.12. The molecule has 0 radical (unpaired) electrons. The predicted octanol–water partition coefficient (Wildman–Crippen LogP) is 4.38. The summed E-state index contributed by atoms with van der Waals surface area (Å²) in [5.74, 6) is -0.788. The topological polar surface area (TPSA) is 21.3 Å². The Kier molecular flexibility index (Phi) is 5.90. The Bertz CT molecular complexity index is 631. The van der Waals surface area contributed by atoms with Crippen LogP contribution in [0.1, 0.15) is 11.1 Å². The Hall–Kier alpha value is -1.72. The van der Waals surface area contributed by atoms with Gasteiger partial charge in [-0.1, -0.05) is 46.3 Å². The molecule has 2 rings (SSSR count). The van der Waals surface area contributed by atoms with Gasteiger partial charge in [0.1, 0.15) is 11.6 Å². The third kappa shape index (κ3) is 4.37. The molecule has 2 aromatic carbocycles. The molecule has 0 unspecified atom stereocenters. The van der Waals surface area contributed by atoms with Crippen molar-refractivity contribution in [1.82, 2.24) is 5.48 Å². The van der Waals surface area contributed by atoms with Crippen molar-refractivity contribution < 1.29 is 13.6 Å². The lowest BCUT2D eigenvalue weighted by Crippen LogP contribution is -2.15. The van der Waals surface area contributed by atoms with E-state index < -0.39 is 5.82 Å². The fraction of sp³-hybridized carbons (Fsp3) is 0.125. The molecular weight excluding hydrogens is 340 g/mol. The van der Waals surface area contributed by atoms with Crippen LogP contribution in [0.3, 0.4) is 0 Å². The Balaban J connectivity index is 2.37. The lowest BCUT2D eigenvalue weighted by atomic mass is 10.1. The van der Waals surface area contributed by atoms with E-state index in [2.05, 4.69) is 21.4 Å². The summed E-state index contributed by atoms with van der Waals surface area (Å²) in [6, 6.07) is 12.5. The van der Waals surface area contributed by atoms with Crippen LogP contribution < -0.4 is 5.48 Å². The quantitative estimate of drug-likeness (QED) is 0.360. The molecule has 0 amide bonds. The molecule has 0 aromatic heterocycles. The maximum Gasteiger partial charge on any atom is 0.132 e. The van der Waals surface area contributed by atoms with Crippen LogP contribution in [0.15, 0.2) is 48.5 Å². The van der Waals surface area contributed by atoms with E-state index in [0.717, 1.165) is 0 Å². The molecule has 0 aliphatic rings. The lowest BCUT2D eigenvalue weighted by molar-refractivity contribution is 0.0930. The minimum Gasteiger partial charge on any atom is -0.275 e. The standard InChI is InChI=1S/C16H14BrF2NO/c17-9-10-21-20-16(13-6-2-4-8-15(13)19)11-12-5-1-3-7-14(12)18/h1-8,11,20H,9-10H2. The van der Waals surface area contributed by atoms with Crippen LogP contribution in [0, 0.1) is 11.6 Å². The molecule has 0 aliphatic heterocycles. The van der Waals surface area contributed by atoms with Gasteiger partial charge in [0.05, 0.1) is 12.3 Å². The third-order valence-corrected chi connectivity index (χ3v) is 3.05. The zero-order chi connectivity index (χ0) is 15.1. The molecular formula is C16H14BrF2NO. The molecule has 2 aromatic rings. The molecule has 0 heterocycles. The first-order valence-corrected chi connectivity index (χ1v) is 7.49. The Morgan fingerprint density at radius 1 is 1.05 bits per heavy atom. The van der Waals surface area contributed by atoms with Gasteiger partial charge in [-0.2, -0.15) is 0 Å². The Morgan fingerprint density at radius 2 is 1.71 bits per heavy atom. The first-order chi connectivity index (χ1) is 10.2. The molecule has 0 saturated heterocycles. The highest BCUT2D eigenvalue weighted by atomic mass is 79.9. The van der Waals surface area contributed by atoms with Crippen molar-refractivity contribution in [3.05, 3.63) is 71.3 Å². The Morgan fingerprint density at radius 3 is 2.38 bits per heavy atom. The summed E-state index contributed by atoms with van der Waals surface area (Å²) >= 11 is 3.23. The van der Waals surface area contributed by atoms with Gasteiger partial charge in [-0.05, 0) is 24.3 Å². The molecule has 0 fully saturated rings. The molecule has 0 saturated carbocycles. The third-order valence-electron chi connectivity index (χ3n) is 2.73. The molecule has 1 N–H and O–H groups in total. The normalized spacial score (nSPS) is 11.5. The van der Waals surface area contributed by atoms with E-state index in [0.29, 0.717) is 28.8 Å². The molecule has 21 heavy (non-hydrogen) atoms. The van der Waals surface area contributed by atoms with Gasteiger partial charge in [-0.3, -0.25) is 10.3 Å². The highest BCUT2D eigenvalue weighted by Gasteiger charge is 2.09. The Labute approximate surface area is 130 Å². The number of benzene rings is 2. The van der Waals surface area contributed by atoms with E-state index in [4.69, 9.17) is 4.84 Å². The van der Waals surface area contributed by atoms with Crippen LogP contribution in [0.2, 0.25) is 0 Å². The van der Waals surface area contributed by atoms with Crippen molar-refractivity contribution in [2.24, 2.45) is 0 Å². The number of hydrogen-bond acceptors (Lipinski definition) is 2. The summed E-state index contributed by atoms with van der Waals surface area (Å²) in [4.78, 5) is 5.21. The number of nitrogens with one attached hydrogen (secondary N) is 1. The molecule has 110 valence electrons. The summed E-state index contributed by atoms with van der Waals surface area (Å²) in [5.41, 5.74) is 3.71. The summed E-state index contributed by atoms with van der Waals surface area (Å²) in [6.07, 6.45) is 1.52. The maximum absolute atomic E-state index is 13.9. The molecule has 5 heteroatoms. The minimum absolute atomic E-state index is 0.315. The summed E-state index contributed by atoms with van der Waals surface area (Å²) in [5, 5.41) is 0.629. The fourth-order valence-corrected chi connectivity index (χ4v) is 1.92. The van der Waals surface area contributed by atoms with Gasteiger partial charge in [-0.15, -0.1) is 0 Å². The highest BCUT2D eigenvalue weighted by Crippen LogP contribution is 2.20. The first-order valence-electron chi connectivity index (χ1n) is 6.37. The predicted molar refractivity (Wildman–Crippen MR) is 83.6 cm³/mol. The van der Waals surface area contributed by atoms with Crippen molar-refractivity contribution in [3.8, 4) is 0 Å². The highest BCUT2D eigenvalue weighted by molar-refractivity contribution is 9.09. The second-order valence-electron chi connectivity index (χ2n) is 4.20. The second kappa shape index (κ2) is 7.90. The van der Waals surface area contributed by atoms with Gasteiger partial charge in [-0.25, -0.2) is 8.78 Å². The van der Waals surface area contributed by atoms with E-state index in [9.17, 15) is 8.78 Å². The van der Waals surface area contributed by atoms with Crippen molar-refractivity contribution in [2.45, 2.75) is 0 Å². The molecule has 0 bridgehead atoms. The molecule has 0 atom stereocenters. The smallest absolute Gasteiger partial charge is 0.132 e. The van der Waals surface area contributed by atoms with E-state index in [1.54, 1.807) is 36.4 Å². The molecule has 0 spiro atoms. The van der Waals surface area contributed by atoms with E-state index in [-0.39, 0.29) is 5.82 Å². The van der Waals surface area contributed by atoms with Gasteiger partial charge < -0.3 is 0 Å². The van der Waals surface area contributed by atoms with Gasteiger partial charge in [0, 0.05) is 16.5 Å². The largest absolute Gasteiger partial charge is 0.275 e. The van der Waals surface area contributed by atoms with Crippen LogP contribution in [0.4, 0.5) is 8.78 Å². The van der Waals surface area contributed by atoms with Crippen molar-refractivity contribution in [1.29, 1.82) is 0 Å². The fourth-order valence-electron chi connectivity index (χ4n) is 1.76. The number of alkyl halides is 1. The van der Waals surface area contributed by atoms with Crippen LogP contribution >= 0.6 is 15.9 Å². The van der Waals surface area contributed by atoms with Crippen LogP contribution in [0.5, 0.6) is 0 Å². The summed E-state index contributed by atoms with van der Waals surface area (Å²) in [7, 11) is 0. The summed E-state index contributed by atoms with van der Waals surface area (Å²) < 4.78 is 27.7. The van der Waals surface area contributed by atoms with Crippen LogP contribution in [0.25, 0.3) is 11.8 Å². The molecule has 0 aliphatic carbocycles. The van der Waals surface area contributed by atoms with Gasteiger partial charge in [0.25, 0.3) is 0 Å². The van der Waals surface area contributed by atoms with Gasteiger partial charge in [0.2, 0.25) is 0 Å². The van der Waals surface area contributed by atoms with Crippen molar-refractivity contribution >= 4 is 27.7 Å². The van der Waals surface area contributed by atoms with Crippen molar-refractivity contribution in [2.75, 3.05) is 11.9 Å². The zero-order valence-corrected chi connectivity index (χ0v) is 12.7. The SMILES string of the molecule is Fc1ccccc1C=C(NOCCBr)c1ccccc1F. The van der Waals surface area contributed by atoms with E-state index in [1.165, 1.54) is 18.2 Å². The van der Waals surface area contributed by atoms with Crippen molar-refractivity contribution in [3.63, 3.8) is 0 Å². The number of hydroxylamine groups is 1. The second-order valence-corrected chi connectivity index (χ2v) is 4.99.